The number of aromatic carboxylic acids is 1. The number of nitrogens with two attached hydrogens (primary N) is 1. The van der Waals surface area contributed by atoms with Gasteiger partial charge in [0, 0.05) is 0 Å². The monoisotopic (exact) mass is 302 g/mol. The number of carboxylic acid groups (broad SMARTS) is 1. The molecule has 1 aromatic heterocycles. The van der Waals surface area contributed by atoms with E-state index in [9.17, 15) is 4.79 Å². The van der Waals surface area contributed by atoms with Gasteiger partial charge in [-0.2, -0.15) is 0 Å². The predicted octanol–water partition coefficient (Wildman–Crippen LogP) is 2.35. The number of carboxylic acids is 1. The van der Waals surface area contributed by atoms with E-state index in [4.69, 9.17) is 15.6 Å². The Morgan fingerprint density at radius 1 is 1.69 bits per heavy atom. The van der Waals surface area contributed by atoms with Gasteiger partial charge in [0.25, 0.3) is 0 Å². The normalized spacial score (nSPS) is 10.6. The van der Waals surface area contributed by atoms with E-state index in [-0.39, 0.29) is 11.3 Å². The molecule has 5 nitrogen and oxygen atoms in total. The zero-order valence-corrected chi connectivity index (χ0v) is 10.6. The van der Waals surface area contributed by atoms with Crippen molar-refractivity contribution in [3.05, 3.63) is 16.1 Å². The van der Waals surface area contributed by atoms with E-state index < -0.39 is 5.97 Å². The molecule has 0 aliphatic carbocycles. The van der Waals surface area contributed by atoms with Crippen LogP contribution in [-0.4, -0.2) is 23.2 Å². The first-order chi connectivity index (χ1) is 7.54. The summed E-state index contributed by atoms with van der Waals surface area (Å²) in [5.41, 5.74) is 6.28. The highest BCUT2D eigenvalue weighted by Gasteiger charge is 2.19. The summed E-state index contributed by atoms with van der Waals surface area (Å²) in [5.74, 6) is -0.795. The average Bonchev–Trinajstić information content (AvgIpc) is 2.58. The van der Waals surface area contributed by atoms with Crippen molar-refractivity contribution in [1.82, 2.24) is 4.98 Å². The van der Waals surface area contributed by atoms with Crippen LogP contribution in [0.4, 0.5) is 5.13 Å². The highest BCUT2D eigenvalue weighted by atomic mass is 79.9. The van der Waals surface area contributed by atoms with Crippen LogP contribution in [0.3, 0.4) is 0 Å². The molecule has 0 saturated carbocycles. The lowest BCUT2D eigenvalue weighted by molar-refractivity contribution is 0.0693. The molecule has 0 radical (unpaired) electrons. The van der Waals surface area contributed by atoms with Crippen LogP contribution in [0.2, 0.25) is 0 Å². The van der Waals surface area contributed by atoms with Crippen LogP contribution in [0.1, 0.15) is 10.4 Å². The van der Waals surface area contributed by atoms with E-state index in [0.29, 0.717) is 19.8 Å². The fourth-order valence-corrected chi connectivity index (χ4v) is 2.98. The number of hydrogen-bond donors (Lipinski definition) is 2. The number of fused-ring (bicyclic) bond motifs is 1. The Hall–Kier alpha value is -1.34. The van der Waals surface area contributed by atoms with Crippen molar-refractivity contribution in [1.29, 1.82) is 0 Å². The van der Waals surface area contributed by atoms with Gasteiger partial charge < -0.3 is 15.6 Å². The fraction of sp³-hybridized carbons (Fsp3) is 0.111. The molecule has 7 heteroatoms. The molecule has 0 fully saturated rings. The van der Waals surface area contributed by atoms with Gasteiger partial charge in [-0.1, -0.05) is 11.3 Å². The second kappa shape index (κ2) is 3.91. The van der Waals surface area contributed by atoms with Crippen molar-refractivity contribution < 1.29 is 14.6 Å². The van der Waals surface area contributed by atoms with Crippen molar-refractivity contribution in [2.24, 2.45) is 0 Å². The summed E-state index contributed by atoms with van der Waals surface area (Å²) in [6, 6.07) is 1.51. The Kier molecular flexibility index (Phi) is 2.73. The lowest BCUT2D eigenvalue weighted by atomic mass is 10.2. The SMILES string of the molecule is COc1c(C(=O)O)cc2sc(N)nc2c1Br. The summed E-state index contributed by atoms with van der Waals surface area (Å²) in [5, 5.41) is 9.43. The molecule has 0 bridgehead atoms. The molecule has 3 N–H and O–H groups in total. The van der Waals surface area contributed by atoms with Crippen LogP contribution in [0, 0.1) is 0 Å². The number of aromatic nitrogens is 1. The van der Waals surface area contributed by atoms with Gasteiger partial charge in [-0.25, -0.2) is 9.78 Å². The zero-order valence-electron chi connectivity index (χ0n) is 8.15. The molecule has 1 heterocycles. The lowest BCUT2D eigenvalue weighted by Crippen LogP contribution is -2.01. The number of anilines is 1. The number of carbonyl (C=O) groups is 1. The first-order valence-electron chi connectivity index (χ1n) is 4.20. The number of rotatable bonds is 2. The number of methoxy groups -OCH3 is 1. The van der Waals surface area contributed by atoms with Gasteiger partial charge in [-0.05, 0) is 22.0 Å². The lowest BCUT2D eigenvalue weighted by Gasteiger charge is -2.07. The molecular weight excluding hydrogens is 296 g/mol. The topological polar surface area (TPSA) is 85.4 Å². The number of halogens is 1. The molecule has 2 rings (SSSR count). The Balaban J connectivity index is 2.86. The number of nitrogens with zero attached hydrogens (tertiary/aromatic N) is 1. The first kappa shape index (κ1) is 11.2. The molecule has 0 amide bonds. The average molecular weight is 303 g/mol. The van der Waals surface area contributed by atoms with Gasteiger partial charge in [0.2, 0.25) is 0 Å². The number of hydrogen-bond acceptors (Lipinski definition) is 5. The molecule has 0 saturated heterocycles. The first-order valence-corrected chi connectivity index (χ1v) is 5.81. The quantitative estimate of drug-likeness (QED) is 0.889. The molecule has 0 atom stereocenters. The van der Waals surface area contributed by atoms with Crippen LogP contribution < -0.4 is 10.5 Å². The molecule has 0 spiro atoms. The summed E-state index contributed by atoms with van der Waals surface area (Å²) in [7, 11) is 1.41. The third kappa shape index (κ3) is 1.61. The molecule has 2 aromatic rings. The standard InChI is InChI=1S/C9H7BrN2O3S/c1-15-7-3(8(13)14)2-4-6(5(7)10)12-9(11)16-4/h2H,1H3,(H2,11,12)(H,13,14). The maximum atomic E-state index is 11.0. The van der Waals surface area contributed by atoms with Gasteiger partial charge in [-0.3, -0.25) is 0 Å². The van der Waals surface area contributed by atoms with Gasteiger partial charge in [0.1, 0.15) is 16.8 Å². The van der Waals surface area contributed by atoms with E-state index in [1.54, 1.807) is 0 Å². The molecule has 0 aliphatic rings. The largest absolute Gasteiger partial charge is 0.495 e. The number of benzene rings is 1. The van der Waals surface area contributed by atoms with Crippen LogP contribution in [-0.2, 0) is 0 Å². The maximum absolute atomic E-state index is 11.0. The highest BCUT2D eigenvalue weighted by Crippen LogP contribution is 2.39. The van der Waals surface area contributed by atoms with Crippen LogP contribution in [0.5, 0.6) is 5.75 Å². The third-order valence-electron chi connectivity index (χ3n) is 2.03. The van der Waals surface area contributed by atoms with Crippen molar-refractivity contribution in [2.45, 2.75) is 0 Å². The Bertz CT molecular complexity index is 582. The number of nitrogen functional groups attached to an aromatic ring is 1. The highest BCUT2D eigenvalue weighted by molar-refractivity contribution is 9.10. The maximum Gasteiger partial charge on any atom is 0.339 e. The minimum Gasteiger partial charge on any atom is -0.495 e. The van der Waals surface area contributed by atoms with Gasteiger partial charge in [0.15, 0.2) is 5.13 Å². The van der Waals surface area contributed by atoms with E-state index in [2.05, 4.69) is 20.9 Å². The van der Waals surface area contributed by atoms with E-state index in [0.717, 1.165) is 0 Å². The zero-order chi connectivity index (χ0) is 11.9. The smallest absolute Gasteiger partial charge is 0.339 e. The minimum atomic E-state index is -1.05. The molecule has 84 valence electrons. The second-order valence-electron chi connectivity index (χ2n) is 2.98. The summed E-state index contributed by atoms with van der Waals surface area (Å²) >= 11 is 4.51. The second-order valence-corrected chi connectivity index (χ2v) is 4.83. The van der Waals surface area contributed by atoms with Crippen molar-refractivity contribution in [3.63, 3.8) is 0 Å². The van der Waals surface area contributed by atoms with Crippen molar-refractivity contribution in [3.8, 4) is 5.75 Å². The van der Waals surface area contributed by atoms with Crippen LogP contribution in [0.25, 0.3) is 10.2 Å². The fourth-order valence-electron chi connectivity index (χ4n) is 1.39. The van der Waals surface area contributed by atoms with Gasteiger partial charge in [0.05, 0.1) is 16.3 Å². The molecule has 1 aromatic carbocycles. The Morgan fingerprint density at radius 2 is 2.38 bits per heavy atom. The van der Waals surface area contributed by atoms with Crippen LogP contribution in [0.15, 0.2) is 10.5 Å². The molecular formula is C9H7BrN2O3S. The number of thiazole rings is 1. The third-order valence-corrected chi connectivity index (χ3v) is 3.60. The molecule has 0 unspecified atom stereocenters. The van der Waals surface area contributed by atoms with E-state index >= 15 is 0 Å². The summed E-state index contributed by atoms with van der Waals surface area (Å²) < 4.78 is 6.27. The van der Waals surface area contributed by atoms with Crippen molar-refractivity contribution in [2.75, 3.05) is 12.8 Å². The molecule has 0 aliphatic heterocycles. The Labute approximate surface area is 103 Å². The summed E-state index contributed by atoms with van der Waals surface area (Å²) in [6.45, 7) is 0. The molecule has 16 heavy (non-hydrogen) atoms. The predicted molar refractivity (Wildman–Crippen MR) is 65.2 cm³/mol. The van der Waals surface area contributed by atoms with Gasteiger partial charge >= 0.3 is 5.97 Å². The minimum absolute atomic E-state index is 0.0884. The summed E-state index contributed by atoms with van der Waals surface area (Å²) in [6.07, 6.45) is 0. The number of ether oxygens (including phenoxy) is 1. The summed E-state index contributed by atoms with van der Waals surface area (Å²) in [4.78, 5) is 15.1. The van der Waals surface area contributed by atoms with E-state index in [1.807, 2.05) is 0 Å². The van der Waals surface area contributed by atoms with Crippen LogP contribution >= 0.6 is 27.3 Å². The van der Waals surface area contributed by atoms with E-state index in [1.165, 1.54) is 24.5 Å². The van der Waals surface area contributed by atoms with Crippen molar-refractivity contribution >= 4 is 48.6 Å². The van der Waals surface area contributed by atoms with Gasteiger partial charge in [-0.15, -0.1) is 0 Å². The Morgan fingerprint density at radius 3 is 2.94 bits per heavy atom.